The van der Waals surface area contributed by atoms with Crippen LogP contribution in [-0.4, -0.2) is 43.4 Å². The van der Waals surface area contributed by atoms with Crippen molar-refractivity contribution in [1.29, 1.82) is 0 Å². The van der Waals surface area contributed by atoms with Gasteiger partial charge in [0.15, 0.2) is 0 Å². The van der Waals surface area contributed by atoms with Crippen LogP contribution in [0.3, 0.4) is 0 Å². The Bertz CT molecular complexity index is 425. The van der Waals surface area contributed by atoms with Crippen molar-refractivity contribution in [2.75, 3.05) is 26.4 Å². The van der Waals surface area contributed by atoms with E-state index < -0.39 is 0 Å². The zero-order valence-electron chi connectivity index (χ0n) is 11.9. The topological polar surface area (TPSA) is 86.5 Å². The molecule has 0 spiro atoms. The average molecular weight is 336 g/mol. The van der Waals surface area contributed by atoms with Gasteiger partial charge in [0.2, 0.25) is 0 Å². The van der Waals surface area contributed by atoms with Crippen LogP contribution < -0.4 is 11.1 Å². The predicted molar refractivity (Wildman–Crippen MR) is 84.0 cm³/mol. The molecule has 8 heteroatoms. The van der Waals surface area contributed by atoms with Gasteiger partial charge >= 0.3 is 0 Å². The summed E-state index contributed by atoms with van der Waals surface area (Å²) in [5.41, 5.74) is 5.90. The molecule has 1 unspecified atom stereocenters. The highest BCUT2D eigenvalue weighted by atomic mass is 35.5. The van der Waals surface area contributed by atoms with E-state index in [0.717, 1.165) is 30.9 Å². The van der Waals surface area contributed by atoms with Gasteiger partial charge in [-0.05, 0) is 19.3 Å². The van der Waals surface area contributed by atoms with Gasteiger partial charge in [0.25, 0.3) is 5.91 Å². The summed E-state index contributed by atoms with van der Waals surface area (Å²) >= 11 is 1.40. The van der Waals surface area contributed by atoms with Gasteiger partial charge in [-0.1, -0.05) is 0 Å². The maximum Gasteiger partial charge on any atom is 0.270 e. The van der Waals surface area contributed by atoms with Gasteiger partial charge in [-0.2, -0.15) is 0 Å². The van der Waals surface area contributed by atoms with E-state index in [9.17, 15) is 4.79 Å². The molecule has 1 aromatic heterocycles. The van der Waals surface area contributed by atoms with Crippen LogP contribution in [0.5, 0.6) is 0 Å². The number of carbonyl (C=O) groups excluding carboxylic acids is 1. The Balaban J connectivity index is 0.00000220. The quantitative estimate of drug-likeness (QED) is 0.700. The fourth-order valence-electron chi connectivity index (χ4n) is 1.97. The second-order valence-electron chi connectivity index (χ2n) is 4.65. The SMILES string of the molecule is Cl.NCc1nc(C(=O)NCCCOCC2CCCO2)cs1. The van der Waals surface area contributed by atoms with Gasteiger partial charge in [-0.25, -0.2) is 4.98 Å². The molecule has 3 N–H and O–H groups in total. The van der Waals surface area contributed by atoms with Gasteiger partial charge in [0.1, 0.15) is 10.7 Å². The number of nitrogens with two attached hydrogens (primary N) is 1. The molecule has 2 heterocycles. The molecular formula is C13H22ClN3O3S. The largest absolute Gasteiger partial charge is 0.379 e. The van der Waals surface area contributed by atoms with Crippen LogP contribution in [0, 0.1) is 0 Å². The van der Waals surface area contributed by atoms with E-state index in [0.29, 0.717) is 32.0 Å². The van der Waals surface area contributed by atoms with Crippen LogP contribution in [0.15, 0.2) is 5.38 Å². The maximum atomic E-state index is 11.7. The molecule has 21 heavy (non-hydrogen) atoms. The number of carbonyl (C=O) groups is 1. The third kappa shape index (κ3) is 6.27. The van der Waals surface area contributed by atoms with Crippen molar-refractivity contribution < 1.29 is 14.3 Å². The first kappa shape index (κ1) is 18.3. The van der Waals surface area contributed by atoms with Crippen LogP contribution in [0.1, 0.15) is 34.8 Å². The van der Waals surface area contributed by atoms with Crippen LogP contribution in [0.4, 0.5) is 0 Å². The first-order valence-electron chi connectivity index (χ1n) is 6.91. The summed E-state index contributed by atoms with van der Waals surface area (Å²) in [5.74, 6) is -0.153. The van der Waals surface area contributed by atoms with Gasteiger partial charge in [0.05, 0.1) is 12.7 Å². The molecule has 1 aliphatic rings. The van der Waals surface area contributed by atoms with E-state index in [1.54, 1.807) is 5.38 Å². The zero-order valence-corrected chi connectivity index (χ0v) is 13.5. The lowest BCUT2D eigenvalue weighted by Crippen LogP contribution is -2.26. The maximum absolute atomic E-state index is 11.7. The lowest BCUT2D eigenvalue weighted by molar-refractivity contribution is 0.0166. The monoisotopic (exact) mass is 335 g/mol. The predicted octanol–water partition coefficient (Wildman–Crippen LogP) is 1.34. The van der Waals surface area contributed by atoms with E-state index in [1.807, 2.05) is 0 Å². The molecule has 0 bridgehead atoms. The van der Waals surface area contributed by atoms with Crippen LogP contribution in [0.25, 0.3) is 0 Å². The highest BCUT2D eigenvalue weighted by Crippen LogP contribution is 2.12. The first-order chi connectivity index (χ1) is 9.79. The second kappa shape index (κ2) is 10.1. The van der Waals surface area contributed by atoms with E-state index in [4.69, 9.17) is 15.2 Å². The molecule has 0 aliphatic carbocycles. The Labute approximate surface area is 134 Å². The number of ether oxygens (including phenoxy) is 2. The molecule has 6 nitrogen and oxygen atoms in total. The second-order valence-corrected chi connectivity index (χ2v) is 5.59. The molecule has 120 valence electrons. The van der Waals surface area contributed by atoms with Crippen molar-refractivity contribution in [2.24, 2.45) is 5.73 Å². The van der Waals surface area contributed by atoms with Crippen molar-refractivity contribution >= 4 is 29.7 Å². The Morgan fingerprint density at radius 1 is 1.62 bits per heavy atom. The van der Waals surface area contributed by atoms with Gasteiger partial charge < -0.3 is 20.5 Å². The zero-order chi connectivity index (χ0) is 14.2. The minimum atomic E-state index is -0.153. The highest BCUT2D eigenvalue weighted by molar-refractivity contribution is 7.09. The Morgan fingerprint density at radius 3 is 3.14 bits per heavy atom. The van der Waals surface area contributed by atoms with Crippen molar-refractivity contribution in [2.45, 2.75) is 31.9 Å². The average Bonchev–Trinajstić information content (AvgIpc) is 3.13. The summed E-state index contributed by atoms with van der Waals surface area (Å²) in [5, 5.41) is 5.32. The molecule has 1 atom stereocenters. The summed E-state index contributed by atoms with van der Waals surface area (Å²) < 4.78 is 11.0. The minimum Gasteiger partial charge on any atom is -0.379 e. The number of hydrogen-bond acceptors (Lipinski definition) is 6. The van der Waals surface area contributed by atoms with Gasteiger partial charge in [-0.15, -0.1) is 23.7 Å². The summed E-state index contributed by atoms with van der Waals surface area (Å²) in [7, 11) is 0. The minimum absolute atomic E-state index is 0. The molecular weight excluding hydrogens is 314 g/mol. The van der Waals surface area contributed by atoms with Crippen molar-refractivity contribution in [3.63, 3.8) is 0 Å². The van der Waals surface area contributed by atoms with Gasteiger partial charge in [-0.3, -0.25) is 4.79 Å². The fraction of sp³-hybridized carbons (Fsp3) is 0.692. The number of halogens is 1. The molecule has 2 rings (SSSR count). The first-order valence-corrected chi connectivity index (χ1v) is 7.79. The van der Waals surface area contributed by atoms with E-state index in [-0.39, 0.29) is 24.4 Å². The Morgan fingerprint density at radius 2 is 2.48 bits per heavy atom. The highest BCUT2D eigenvalue weighted by Gasteiger charge is 2.15. The van der Waals surface area contributed by atoms with Crippen molar-refractivity contribution in [3.8, 4) is 0 Å². The number of rotatable bonds is 8. The van der Waals surface area contributed by atoms with Crippen LogP contribution in [0.2, 0.25) is 0 Å². The van der Waals surface area contributed by atoms with E-state index >= 15 is 0 Å². The number of aromatic nitrogens is 1. The molecule has 0 saturated carbocycles. The lowest BCUT2D eigenvalue weighted by Gasteiger charge is -2.10. The number of nitrogens with one attached hydrogen (secondary N) is 1. The van der Waals surface area contributed by atoms with Crippen molar-refractivity contribution in [1.82, 2.24) is 10.3 Å². The number of thiazole rings is 1. The smallest absolute Gasteiger partial charge is 0.270 e. The fourth-order valence-corrected chi connectivity index (χ4v) is 2.62. The molecule has 1 aromatic rings. The Hall–Kier alpha value is -0.730. The van der Waals surface area contributed by atoms with Crippen LogP contribution in [-0.2, 0) is 16.0 Å². The number of nitrogens with zero attached hydrogens (tertiary/aromatic N) is 1. The molecule has 1 aliphatic heterocycles. The number of amides is 1. The summed E-state index contributed by atoms with van der Waals surface area (Å²) in [6.45, 7) is 3.09. The standard InChI is InChI=1S/C13H21N3O3S.ClH/c14-7-12-16-11(9-20-12)13(17)15-4-2-5-18-8-10-3-1-6-19-10;/h9-10H,1-8,14H2,(H,15,17);1H. The summed E-state index contributed by atoms with van der Waals surface area (Å²) in [6.07, 6.45) is 3.26. The van der Waals surface area contributed by atoms with Crippen LogP contribution >= 0.6 is 23.7 Å². The molecule has 1 fully saturated rings. The van der Waals surface area contributed by atoms with E-state index in [1.165, 1.54) is 11.3 Å². The lowest BCUT2D eigenvalue weighted by atomic mass is 10.2. The van der Waals surface area contributed by atoms with Crippen molar-refractivity contribution in [3.05, 3.63) is 16.1 Å². The summed E-state index contributed by atoms with van der Waals surface area (Å²) in [4.78, 5) is 15.9. The molecule has 1 saturated heterocycles. The number of hydrogen-bond donors (Lipinski definition) is 2. The normalized spacial score (nSPS) is 17.5. The Kier molecular flexibility index (Phi) is 8.79. The third-order valence-corrected chi connectivity index (χ3v) is 3.91. The third-order valence-electron chi connectivity index (χ3n) is 3.04. The van der Waals surface area contributed by atoms with Gasteiger partial charge in [0, 0.05) is 31.7 Å². The molecule has 0 radical (unpaired) electrons. The van der Waals surface area contributed by atoms with E-state index in [2.05, 4.69) is 10.3 Å². The molecule has 0 aromatic carbocycles. The molecule has 1 amide bonds. The summed E-state index contributed by atoms with van der Waals surface area (Å²) in [6, 6.07) is 0.